The molecule has 15 nitrogen and oxygen atoms in total. The lowest BCUT2D eigenvalue weighted by molar-refractivity contribution is -0.141. The summed E-state index contributed by atoms with van der Waals surface area (Å²) in [6.07, 6.45) is -0.726. The van der Waals surface area contributed by atoms with Gasteiger partial charge < -0.3 is 41.2 Å². The normalized spacial score (nSPS) is 13.4. The van der Waals surface area contributed by atoms with Gasteiger partial charge in [0.05, 0.1) is 18.5 Å². The first kappa shape index (κ1) is 36.7. The summed E-state index contributed by atoms with van der Waals surface area (Å²) in [7, 11) is 0. The zero-order chi connectivity index (χ0) is 35.5. The molecule has 0 aliphatic heterocycles. The minimum Gasteiger partial charge on any atom is -0.508 e. The molecule has 0 aliphatic rings. The van der Waals surface area contributed by atoms with Gasteiger partial charge in [-0.05, 0) is 42.7 Å². The molecule has 0 radical (unpaired) electrons. The van der Waals surface area contributed by atoms with E-state index in [1.54, 1.807) is 50.2 Å². The third-order valence-electron chi connectivity index (χ3n) is 7.25. The number of phenols is 1. The van der Waals surface area contributed by atoms with Crippen molar-refractivity contribution in [2.24, 2.45) is 5.92 Å². The summed E-state index contributed by atoms with van der Waals surface area (Å²) in [5.41, 5.74) is 0.400. The highest BCUT2D eigenvalue weighted by Crippen LogP contribution is 2.14. The molecule has 0 saturated carbocycles. The lowest BCUT2D eigenvalue weighted by atomic mass is 10.0. The van der Waals surface area contributed by atoms with Crippen molar-refractivity contribution in [2.75, 3.05) is 0 Å². The second-order valence-electron chi connectivity index (χ2n) is 11.6. The van der Waals surface area contributed by atoms with Crippen LogP contribution < -0.4 is 32.2 Å². The van der Waals surface area contributed by atoms with E-state index in [0.717, 1.165) is 0 Å². The van der Waals surface area contributed by atoms with E-state index in [4.69, 9.17) is 4.42 Å². The second kappa shape index (κ2) is 16.7. The maximum absolute atomic E-state index is 13.2. The number of hydrogen-bond donors (Lipinski definition) is 7. The molecule has 2 aromatic carbocycles. The van der Waals surface area contributed by atoms with Crippen LogP contribution in [0.4, 0.5) is 0 Å². The first-order valence-corrected chi connectivity index (χ1v) is 15.1. The van der Waals surface area contributed by atoms with Crippen LogP contribution >= 0.6 is 0 Å². The average Bonchev–Trinajstić information content (AvgIpc) is 3.01. The number of benzene rings is 2. The maximum atomic E-state index is 13.2. The quantitative estimate of drug-likeness (QED) is 0.111. The van der Waals surface area contributed by atoms with E-state index in [0.29, 0.717) is 16.5 Å². The van der Waals surface area contributed by atoms with Gasteiger partial charge in [-0.25, -0.2) is 4.79 Å². The molecule has 5 amide bonds. The van der Waals surface area contributed by atoms with E-state index in [9.17, 15) is 43.8 Å². The average molecular weight is 666 g/mol. The molecular weight excluding hydrogens is 626 g/mol. The zero-order valence-electron chi connectivity index (χ0n) is 26.9. The van der Waals surface area contributed by atoms with Gasteiger partial charge in [0.1, 0.15) is 35.5 Å². The molecule has 0 bridgehead atoms. The summed E-state index contributed by atoms with van der Waals surface area (Å²) in [5.74, 6) is -5.48. The first-order chi connectivity index (χ1) is 22.6. The summed E-state index contributed by atoms with van der Waals surface area (Å²) in [4.78, 5) is 88.0. The smallest absolute Gasteiger partial charge is 0.341 e. The number of nitrogens with one attached hydrogen (secondary N) is 5. The number of para-hydroxylation sites is 1. The number of aliphatic carboxylic acids is 1. The third kappa shape index (κ3) is 10.7. The Bertz CT molecular complexity index is 1720. The van der Waals surface area contributed by atoms with Gasteiger partial charge >= 0.3 is 11.6 Å². The molecule has 256 valence electrons. The number of amides is 5. The minimum atomic E-state index is -1.55. The van der Waals surface area contributed by atoms with Gasteiger partial charge in [-0.1, -0.05) is 44.2 Å². The predicted octanol–water partition coefficient (Wildman–Crippen LogP) is 0.467. The Hall–Kier alpha value is -5.73. The number of carbonyl (C=O) groups is 6. The van der Waals surface area contributed by atoms with Crippen molar-refractivity contribution in [3.8, 4) is 5.75 Å². The van der Waals surface area contributed by atoms with Crippen LogP contribution in [0.1, 0.15) is 45.2 Å². The van der Waals surface area contributed by atoms with Gasteiger partial charge in [-0.3, -0.25) is 28.8 Å². The molecule has 0 unspecified atom stereocenters. The lowest BCUT2D eigenvalue weighted by Crippen LogP contribution is -2.59. The largest absolute Gasteiger partial charge is 0.508 e. The number of carboxylic acids is 1. The van der Waals surface area contributed by atoms with E-state index in [1.165, 1.54) is 32.0 Å². The van der Waals surface area contributed by atoms with E-state index in [2.05, 4.69) is 26.6 Å². The number of hydrogen-bond acceptors (Lipinski definition) is 9. The lowest BCUT2D eigenvalue weighted by Gasteiger charge is -2.27. The number of fused-ring (bicyclic) bond motifs is 1. The summed E-state index contributed by atoms with van der Waals surface area (Å²) in [6, 6.07) is 9.29. The van der Waals surface area contributed by atoms with Gasteiger partial charge in [-0.2, -0.15) is 0 Å². The van der Waals surface area contributed by atoms with Crippen LogP contribution in [0.25, 0.3) is 11.0 Å². The van der Waals surface area contributed by atoms with Crippen molar-refractivity contribution in [2.45, 2.75) is 71.2 Å². The zero-order valence-corrected chi connectivity index (χ0v) is 26.9. The first-order valence-electron chi connectivity index (χ1n) is 15.1. The van der Waals surface area contributed by atoms with Crippen LogP contribution in [0.3, 0.4) is 0 Å². The van der Waals surface area contributed by atoms with E-state index >= 15 is 0 Å². The number of phenolic OH excluding ortho intramolecular Hbond substituents is 1. The van der Waals surface area contributed by atoms with Crippen LogP contribution in [0.5, 0.6) is 5.75 Å². The highest BCUT2D eigenvalue weighted by molar-refractivity contribution is 5.96. The Morgan fingerprint density at radius 1 is 0.792 bits per heavy atom. The fourth-order valence-electron chi connectivity index (χ4n) is 4.69. The summed E-state index contributed by atoms with van der Waals surface area (Å²) in [6.45, 7) is 5.57. The molecule has 15 heteroatoms. The Morgan fingerprint density at radius 2 is 1.46 bits per heavy atom. The summed E-state index contributed by atoms with van der Waals surface area (Å²) in [5, 5.41) is 31.9. The Balaban J connectivity index is 1.64. The van der Waals surface area contributed by atoms with Crippen LogP contribution in [-0.4, -0.2) is 69.9 Å². The maximum Gasteiger partial charge on any atom is 0.341 e. The fourth-order valence-corrected chi connectivity index (χ4v) is 4.69. The molecular formula is C33H39N5O10. The number of carboxylic acid groups (broad SMARTS) is 1. The van der Waals surface area contributed by atoms with Gasteiger partial charge in [0.2, 0.25) is 29.5 Å². The van der Waals surface area contributed by atoms with E-state index < -0.39 is 77.6 Å². The van der Waals surface area contributed by atoms with Crippen LogP contribution in [0.15, 0.2) is 63.8 Å². The molecule has 1 heterocycles. The monoisotopic (exact) mass is 665 g/mol. The predicted molar refractivity (Wildman–Crippen MR) is 172 cm³/mol. The number of aromatic hydroxyl groups is 1. The minimum absolute atomic E-state index is 0.0269. The van der Waals surface area contributed by atoms with Crippen LogP contribution in [-0.2, 0) is 41.7 Å². The molecule has 0 spiro atoms. The van der Waals surface area contributed by atoms with Gasteiger partial charge in [0, 0.05) is 18.7 Å². The van der Waals surface area contributed by atoms with Crippen LogP contribution in [0, 0.1) is 5.92 Å². The molecule has 48 heavy (non-hydrogen) atoms. The van der Waals surface area contributed by atoms with Gasteiger partial charge in [0.15, 0.2) is 0 Å². The Morgan fingerprint density at radius 3 is 2.08 bits per heavy atom. The Labute approximate surface area is 275 Å². The van der Waals surface area contributed by atoms with Crippen molar-refractivity contribution in [1.82, 2.24) is 26.6 Å². The number of carbonyl (C=O) groups excluding carboxylic acids is 5. The Kier molecular flexibility index (Phi) is 12.8. The molecule has 0 fully saturated rings. The molecule has 0 aliphatic carbocycles. The SMILES string of the molecule is CC(=O)N[C@@H](Cc1ccc(O)cc1)C(=O)N[C@H](C(=O)N[C@@H](C)C(=O)N[C@@H](CC(=O)O)C(=O)NCc1cc2ccccc2oc1=O)C(C)C. The van der Waals surface area contributed by atoms with Crippen molar-refractivity contribution in [3.63, 3.8) is 0 Å². The van der Waals surface area contributed by atoms with E-state index in [-0.39, 0.29) is 24.3 Å². The molecule has 3 rings (SSSR count). The third-order valence-corrected chi connectivity index (χ3v) is 7.25. The van der Waals surface area contributed by atoms with Crippen molar-refractivity contribution < 1.29 is 43.4 Å². The fraction of sp³-hybridized carbons (Fsp3) is 0.364. The van der Waals surface area contributed by atoms with Gasteiger partial charge in [-0.15, -0.1) is 0 Å². The van der Waals surface area contributed by atoms with Crippen molar-refractivity contribution in [3.05, 3.63) is 76.1 Å². The van der Waals surface area contributed by atoms with Crippen molar-refractivity contribution >= 4 is 46.5 Å². The summed E-state index contributed by atoms with van der Waals surface area (Å²) < 4.78 is 5.24. The van der Waals surface area contributed by atoms with Crippen LogP contribution in [0.2, 0.25) is 0 Å². The molecule has 1 aromatic heterocycles. The molecule has 4 atom stereocenters. The highest BCUT2D eigenvalue weighted by atomic mass is 16.4. The molecule has 0 saturated heterocycles. The number of rotatable bonds is 15. The second-order valence-corrected chi connectivity index (χ2v) is 11.6. The van der Waals surface area contributed by atoms with E-state index in [1.807, 2.05) is 0 Å². The highest BCUT2D eigenvalue weighted by Gasteiger charge is 2.32. The molecule has 7 N–H and O–H groups in total. The van der Waals surface area contributed by atoms with Crippen molar-refractivity contribution in [1.29, 1.82) is 0 Å². The van der Waals surface area contributed by atoms with Gasteiger partial charge in [0.25, 0.3) is 0 Å². The standard InChI is InChI=1S/C33H39N5O10/c1-17(2)28(38-31(45)24(36-19(4)39)13-20-9-11-23(40)12-10-20)32(46)35-18(3)29(43)37-25(15-27(41)42)30(44)34-16-22-14-21-7-5-6-8-26(21)48-33(22)47/h5-12,14,17-18,24-25,28,40H,13,15-16H2,1-4H3,(H,34,44)(H,35,46)(H,36,39)(H,37,43)(H,38,45)(H,41,42)/t18-,24-,25-,28-/m0/s1. The summed E-state index contributed by atoms with van der Waals surface area (Å²) >= 11 is 0. The molecule has 3 aromatic rings. The topological polar surface area (TPSA) is 233 Å².